The summed E-state index contributed by atoms with van der Waals surface area (Å²) in [6, 6.07) is 0. The number of thiophene rings is 1. The van der Waals surface area contributed by atoms with Crippen LogP contribution in [0.1, 0.15) is 20.8 Å². The molecule has 1 aliphatic heterocycles. The molecule has 0 saturated heterocycles. The molecule has 1 aromatic heterocycles. The highest BCUT2D eigenvalue weighted by atomic mass is 79.9. The number of aromatic carboxylic acids is 1. The van der Waals surface area contributed by atoms with Crippen molar-refractivity contribution in [2.75, 3.05) is 0 Å². The molecule has 0 saturated carbocycles. The van der Waals surface area contributed by atoms with Crippen LogP contribution in [0.15, 0.2) is 3.79 Å². The Morgan fingerprint density at radius 1 is 1.50 bits per heavy atom. The first-order valence-corrected chi connectivity index (χ1v) is 6.07. The molecule has 2 nitrogen and oxygen atoms in total. The maximum atomic E-state index is 10.8. The number of carboxylic acids is 1. The maximum absolute atomic E-state index is 10.8. The highest BCUT2D eigenvalue weighted by Gasteiger charge is 2.25. The Kier molecular flexibility index (Phi) is 2.18. The van der Waals surface area contributed by atoms with Crippen LogP contribution in [0.25, 0.3) is 0 Å². The third-order valence-electron chi connectivity index (χ3n) is 1.74. The van der Waals surface area contributed by atoms with Crippen molar-refractivity contribution in [1.82, 2.24) is 0 Å². The minimum atomic E-state index is -0.818. The summed E-state index contributed by atoms with van der Waals surface area (Å²) in [5.74, 6) is 0.993. The van der Waals surface area contributed by atoms with Crippen LogP contribution in [0.5, 0.6) is 0 Å². The van der Waals surface area contributed by atoms with Crippen LogP contribution in [0.2, 0.25) is 0 Å². The molecule has 0 bridgehead atoms. The molecule has 0 radical (unpaired) electrons. The maximum Gasteiger partial charge on any atom is 0.338 e. The monoisotopic (exact) mass is 264 g/mol. The Hall–Kier alpha value is -0.000000000000000111. The summed E-state index contributed by atoms with van der Waals surface area (Å²) < 4.78 is 0.764. The van der Waals surface area contributed by atoms with Crippen molar-refractivity contribution in [3.05, 3.63) is 19.8 Å². The van der Waals surface area contributed by atoms with Crippen LogP contribution in [-0.4, -0.2) is 11.1 Å². The van der Waals surface area contributed by atoms with Crippen molar-refractivity contribution in [2.24, 2.45) is 0 Å². The third kappa shape index (κ3) is 1.20. The zero-order valence-electron chi connectivity index (χ0n) is 5.96. The SMILES string of the molecule is O=C(O)c1c(Br)sc2c1CSC2. The van der Waals surface area contributed by atoms with Crippen molar-refractivity contribution >= 4 is 45.0 Å². The van der Waals surface area contributed by atoms with Crippen molar-refractivity contribution in [3.8, 4) is 0 Å². The van der Waals surface area contributed by atoms with Gasteiger partial charge in [-0.15, -0.1) is 11.3 Å². The van der Waals surface area contributed by atoms with Crippen molar-refractivity contribution < 1.29 is 9.90 Å². The van der Waals surface area contributed by atoms with Crippen LogP contribution in [0, 0.1) is 0 Å². The Labute approximate surface area is 86.1 Å². The lowest BCUT2D eigenvalue weighted by molar-refractivity contribution is 0.0695. The number of carboxylic acid groups (broad SMARTS) is 1. The average Bonchev–Trinajstić information content (AvgIpc) is 2.44. The van der Waals surface area contributed by atoms with E-state index in [0.29, 0.717) is 5.56 Å². The van der Waals surface area contributed by atoms with Crippen LogP contribution >= 0.6 is 39.0 Å². The fourth-order valence-electron chi connectivity index (χ4n) is 1.21. The first kappa shape index (κ1) is 8.59. The molecular weight excluding hydrogens is 260 g/mol. The van der Waals surface area contributed by atoms with E-state index in [9.17, 15) is 4.79 Å². The second-order valence-corrected chi connectivity index (χ2v) is 5.86. The van der Waals surface area contributed by atoms with Gasteiger partial charge in [-0.3, -0.25) is 0 Å². The van der Waals surface area contributed by atoms with Crippen LogP contribution in [0.4, 0.5) is 0 Å². The predicted molar refractivity (Wildman–Crippen MR) is 54.0 cm³/mol. The first-order valence-electron chi connectivity index (χ1n) is 3.31. The van der Waals surface area contributed by atoms with Gasteiger partial charge in [-0.05, 0) is 21.5 Å². The molecule has 1 aliphatic rings. The molecule has 0 fully saturated rings. The van der Waals surface area contributed by atoms with E-state index in [1.54, 1.807) is 23.1 Å². The normalized spacial score (nSPS) is 14.8. The molecule has 0 atom stereocenters. The van der Waals surface area contributed by atoms with Gasteiger partial charge < -0.3 is 5.11 Å². The zero-order valence-corrected chi connectivity index (χ0v) is 9.18. The largest absolute Gasteiger partial charge is 0.478 e. The van der Waals surface area contributed by atoms with Gasteiger partial charge in [0, 0.05) is 16.4 Å². The second kappa shape index (κ2) is 3.05. The van der Waals surface area contributed by atoms with E-state index in [4.69, 9.17) is 5.11 Å². The summed E-state index contributed by atoms with van der Waals surface area (Å²) in [4.78, 5) is 12.0. The highest BCUT2D eigenvalue weighted by molar-refractivity contribution is 9.11. The van der Waals surface area contributed by atoms with E-state index in [-0.39, 0.29) is 0 Å². The molecule has 0 spiro atoms. The number of hydrogen-bond acceptors (Lipinski definition) is 3. The van der Waals surface area contributed by atoms with E-state index in [1.807, 2.05) is 0 Å². The molecule has 64 valence electrons. The molecule has 0 aromatic carbocycles. The highest BCUT2D eigenvalue weighted by Crippen LogP contribution is 2.42. The van der Waals surface area contributed by atoms with Crippen LogP contribution in [-0.2, 0) is 11.5 Å². The first-order chi connectivity index (χ1) is 5.70. The Morgan fingerprint density at radius 2 is 2.25 bits per heavy atom. The Bertz CT molecular complexity index is 345. The molecule has 2 heterocycles. The van der Waals surface area contributed by atoms with Gasteiger partial charge in [-0.1, -0.05) is 0 Å². The number of hydrogen-bond donors (Lipinski definition) is 1. The molecule has 12 heavy (non-hydrogen) atoms. The molecule has 1 aromatic rings. The molecule has 2 rings (SSSR count). The summed E-state index contributed by atoms with van der Waals surface area (Å²) in [7, 11) is 0. The van der Waals surface area contributed by atoms with Gasteiger partial charge in [-0.25, -0.2) is 4.79 Å². The summed E-state index contributed by atoms with van der Waals surface area (Å²) in [6.45, 7) is 0. The van der Waals surface area contributed by atoms with Gasteiger partial charge in [0.2, 0.25) is 0 Å². The quantitative estimate of drug-likeness (QED) is 0.848. The van der Waals surface area contributed by atoms with Crippen molar-refractivity contribution in [3.63, 3.8) is 0 Å². The smallest absolute Gasteiger partial charge is 0.338 e. The van der Waals surface area contributed by atoms with E-state index in [1.165, 1.54) is 4.88 Å². The number of carbonyl (C=O) groups is 1. The average molecular weight is 265 g/mol. The Morgan fingerprint density at radius 3 is 2.92 bits per heavy atom. The van der Waals surface area contributed by atoms with E-state index in [0.717, 1.165) is 20.9 Å². The van der Waals surface area contributed by atoms with E-state index < -0.39 is 5.97 Å². The zero-order chi connectivity index (χ0) is 8.72. The molecule has 0 aliphatic carbocycles. The standard InChI is InChI=1S/C7H5BrO2S2/c8-6-5(7(9)10)3-1-11-2-4(3)12-6/h1-2H2,(H,9,10). The summed E-state index contributed by atoms with van der Waals surface area (Å²) in [5, 5.41) is 8.89. The number of fused-ring (bicyclic) bond motifs is 1. The van der Waals surface area contributed by atoms with Crippen LogP contribution in [0.3, 0.4) is 0 Å². The predicted octanol–water partition coefficient (Wildman–Crippen LogP) is 2.96. The topological polar surface area (TPSA) is 37.3 Å². The third-order valence-corrected chi connectivity index (χ3v) is 4.81. The summed E-state index contributed by atoms with van der Waals surface area (Å²) in [6.07, 6.45) is 0. The van der Waals surface area contributed by atoms with E-state index >= 15 is 0 Å². The Balaban J connectivity index is 2.59. The minimum absolute atomic E-state index is 0.472. The van der Waals surface area contributed by atoms with Gasteiger partial charge in [0.05, 0.1) is 9.35 Å². The number of halogens is 1. The van der Waals surface area contributed by atoms with E-state index in [2.05, 4.69) is 15.9 Å². The number of thioether (sulfide) groups is 1. The molecular formula is C7H5BrO2S2. The summed E-state index contributed by atoms with van der Waals surface area (Å²) >= 11 is 6.59. The molecule has 1 N–H and O–H groups in total. The van der Waals surface area contributed by atoms with Gasteiger partial charge in [-0.2, -0.15) is 11.8 Å². The fourth-order valence-corrected chi connectivity index (χ4v) is 4.59. The fraction of sp³-hybridized carbons (Fsp3) is 0.286. The van der Waals surface area contributed by atoms with Crippen molar-refractivity contribution in [1.29, 1.82) is 0 Å². The second-order valence-electron chi connectivity index (χ2n) is 2.45. The minimum Gasteiger partial charge on any atom is -0.478 e. The number of rotatable bonds is 1. The molecule has 0 unspecified atom stereocenters. The van der Waals surface area contributed by atoms with Gasteiger partial charge in [0.1, 0.15) is 0 Å². The van der Waals surface area contributed by atoms with Gasteiger partial charge in [0.15, 0.2) is 0 Å². The lowest BCUT2D eigenvalue weighted by atomic mass is 10.2. The van der Waals surface area contributed by atoms with Crippen molar-refractivity contribution in [2.45, 2.75) is 11.5 Å². The lowest BCUT2D eigenvalue weighted by Crippen LogP contribution is -1.98. The molecule has 0 amide bonds. The van der Waals surface area contributed by atoms with Gasteiger partial charge in [0.25, 0.3) is 0 Å². The lowest BCUT2D eigenvalue weighted by Gasteiger charge is -1.93. The van der Waals surface area contributed by atoms with Gasteiger partial charge >= 0.3 is 5.97 Å². The van der Waals surface area contributed by atoms with Crippen LogP contribution < -0.4 is 0 Å². The summed E-state index contributed by atoms with van der Waals surface area (Å²) in [5.41, 5.74) is 1.49. The molecule has 5 heteroatoms.